The van der Waals surface area contributed by atoms with Gasteiger partial charge in [-0.3, -0.25) is 4.79 Å². The van der Waals surface area contributed by atoms with E-state index in [4.69, 9.17) is 9.47 Å². The summed E-state index contributed by atoms with van der Waals surface area (Å²) in [7, 11) is 0. The summed E-state index contributed by atoms with van der Waals surface area (Å²) < 4.78 is 11.0. The van der Waals surface area contributed by atoms with Gasteiger partial charge in [0, 0.05) is 0 Å². The fraction of sp³-hybridized carbons (Fsp3) is 0.917. The smallest absolute Gasteiger partial charge is 0.309 e. The minimum Gasteiger partial charge on any atom is -0.459 e. The van der Waals surface area contributed by atoms with E-state index < -0.39 is 6.29 Å². The first-order valence-corrected chi connectivity index (χ1v) is 6.17. The lowest BCUT2D eigenvalue weighted by Gasteiger charge is -2.42. The number of hydrogen-bond acceptors (Lipinski definition) is 4. The molecular formula is C12H18O4. The number of hydrogen-bond donors (Lipinski definition) is 1. The molecule has 0 aromatic carbocycles. The molecule has 0 aromatic heterocycles. The highest BCUT2D eigenvalue weighted by molar-refractivity contribution is 5.73. The Bertz CT molecular complexity index is 301. The van der Waals surface area contributed by atoms with Crippen LogP contribution < -0.4 is 0 Å². The molecule has 4 aliphatic rings. The average Bonchev–Trinajstić information content (AvgIpc) is 2.36. The largest absolute Gasteiger partial charge is 0.459 e. The second-order valence-electron chi connectivity index (χ2n) is 5.44. The number of carbonyl (C=O) groups is 1. The van der Waals surface area contributed by atoms with Crippen molar-refractivity contribution < 1.29 is 19.4 Å². The molecule has 0 spiro atoms. The van der Waals surface area contributed by atoms with Crippen LogP contribution >= 0.6 is 0 Å². The quantitative estimate of drug-likeness (QED) is 0.565. The normalized spacial score (nSPS) is 47.6. The second kappa shape index (κ2) is 3.70. The number of aliphatic hydroxyl groups is 1. The summed E-state index contributed by atoms with van der Waals surface area (Å²) in [6.07, 6.45) is 2.92. The van der Waals surface area contributed by atoms with Crippen LogP contribution in [0.3, 0.4) is 0 Å². The summed E-state index contributed by atoms with van der Waals surface area (Å²) >= 11 is 0. The first-order chi connectivity index (χ1) is 7.63. The molecule has 6 unspecified atom stereocenters. The molecule has 2 aliphatic heterocycles. The molecule has 4 fully saturated rings. The summed E-state index contributed by atoms with van der Waals surface area (Å²) in [5, 5.41) is 9.33. The van der Waals surface area contributed by atoms with Gasteiger partial charge >= 0.3 is 5.97 Å². The van der Waals surface area contributed by atoms with Gasteiger partial charge in [-0.25, -0.2) is 0 Å². The van der Waals surface area contributed by atoms with E-state index >= 15 is 0 Å². The lowest BCUT2D eigenvalue weighted by molar-refractivity contribution is -0.194. The van der Waals surface area contributed by atoms with Crippen molar-refractivity contribution in [2.75, 3.05) is 0 Å². The predicted molar refractivity (Wildman–Crippen MR) is 55.4 cm³/mol. The number of rotatable bonds is 2. The molecule has 4 nitrogen and oxygen atoms in total. The third-order valence-electron chi connectivity index (χ3n) is 4.19. The zero-order valence-electron chi connectivity index (χ0n) is 9.46. The Labute approximate surface area is 94.9 Å². The number of carbonyl (C=O) groups excluding carboxylic acids is 1. The molecule has 2 saturated heterocycles. The SMILES string of the molecule is CC(O)OC1C2CC3CC(C2)C(=O)OC1C3. The van der Waals surface area contributed by atoms with Crippen molar-refractivity contribution in [2.45, 2.75) is 51.1 Å². The van der Waals surface area contributed by atoms with Gasteiger partial charge in [-0.2, -0.15) is 0 Å². The molecule has 2 aliphatic carbocycles. The molecular weight excluding hydrogens is 208 g/mol. The molecule has 2 saturated carbocycles. The van der Waals surface area contributed by atoms with Gasteiger partial charge in [0.2, 0.25) is 0 Å². The molecule has 0 amide bonds. The number of fused-ring (bicyclic) bond motifs is 1. The van der Waals surface area contributed by atoms with Gasteiger partial charge < -0.3 is 14.6 Å². The molecule has 16 heavy (non-hydrogen) atoms. The van der Waals surface area contributed by atoms with E-state index in [-0.39, 0.29) is 24.1 Å². The van der Waals surface area contributed by atoms with Crippen molar-refractivity contribution in [1.82, 2.24) is 0 Å². The van der Waals surface area contributed by atoms with Crippen LogP contribution in [0.25, 0.3) is 0 Å². The molecule has 2 heterocycles. The van der Waals surface area contributed by atoms with Gasteiger partial charge in [-0.05, 0) is 44.4 Å². The Kier molecular flexibility index (Phi) is 2.44. The summed E-state index contributed by atoms with van der Waals surface area (Å²) in [4.78, 5) is 11.8. The molecule has 4 rings (SSSR count). The minimum absolute atomic E-state index is 0.0473. The first-order valence-electron chi connectivity index (χ1n) is 6.17. The maximum atomic E-state index is 11.8. The highest BCUT2D eigenvalue weighted by Gasteiger charge is 2.50. The van der Waals surface area contributed by atoms with Gasteiger partial charge in [0.1, 0.15) is 12.2 Å². The molecule has 1 N–H and O–H groups in total. The van der Waals surface area contributed by atoms with Crippen molar-refractivity contribution in [1.29, 1.82) is 0 Å². The van der Waals surface area contributed by atoms with Crippen LogP contribution in [0.15, 0.2) is 0 Å². The van der Waals surface area contributed by atoms with Crippen LogP contribution in [0.2, 0.25) is 0 Å². The molecule has 90 valence electrons. The Morgan fingerprint density at radius 3 is 2.94 bits per heavy atom. The van der Waals surface area contributed by atoms with Gasteiger partial charge in [0.25, 0.3) is 0 Å². The topological polar surface area (TPSA) is 55.8 Å². The average molecular weight is 226 g/mol. The van der Waals surface area contributed by atoms with E-state index in [1.54, 1.807) is 6.92 Å². The van der Waals surface area contributed by atoms with Crippen molar-refractivity contribution in [2.24, 2.45) is 17.8 Å². The third kappa shape index (κ3) is 1.64. The standard InChI is InChI=1S/C12H18O4/c1-6(13)15-11-8-2-7-3-9(5-8)12(14)16-10(11)4-7/h6-11,13H,2-5H2,1H3. The van der Waals surface area contributed by atoms with Crippen molar-refractivity contribution >= 4 is 5.97 Å². The first kappa shape index (κ1) is 10.5. The van der Waals surface area contributed by atoms with Gasteiger partial charge in [0.05, 0.1) is 5.92 Å². The van der Waals surface area contributed by atoms with Crippen molar-refractivity contribution in [3.8, 4) is 0 Å². The van der Waals surface area contributed by atoms with E-state index in [2.05, 4.69) is 0 Å². The molecule has 6 atom stereocenters. The zero-order valence-corrected chi connectivity index (χ0v) is 9.46. The lowest BCUT2D eigenvalue weighted by atomic mass is 9.67. The maximum Gasteiger partial charge on any atom is 0.309 e. The Morgan fingerprint density at radius 1 is 1.38 bits per heavy atom. The third-order valence-corrected chi connectivity index (χ3v) is 4.19. The zero-order chi connectivity index (χ0) is 11.3. The Balaban J connectivity index is 1.84. The number of esters is 1. The van der Waals surface area contributed by atoms with E-state index in [1.807, 2.05) is 0 Å². The fourth-order valence-corrected chi connectivity index (χ4v) is 3.69. The maximum absolute atomic E-state index is 11.8. The monoisotopic (exact) mass is 226 g/mol. The molecule has 0 aromatic rings. The van der Waals surface area contributed by atoms with Crippen LogP contribution in [0.1, 0.15) is 32.6 Å². The second-order valence-corrected chi connectivity index (χ2v) is 5.44. The van der Waals surface area contributed by atoms with Gasteiger partial charge in [-0.1, -0.05) is 0 Å². The summed E-state index contributed by atoms with van der Waals surface area (Å²) in [6, 6.07) is 0. The van der Waals surface area contributed by atoms with Gasteiger partial charge in [-0.15, -0.1) is 0 Å². The summed E-state index contributed by atoms with van der Waals surface area (Å²) in [6.45, 7) is 1.61. The van der Waals surface area contributed by atoms with Crippen LogP contribution in [0.4, 0.5) is 0 Å². The molecule has 4 bridgehead atoms. The van der Waals surface area contributed by atoms with Crippen LogP contribution in [-0.4, -0.2) is 29.6 Å². The number of aliphatic hydroxyl groups excluding tert-OH is 1. The predicted octanol–water partition coefficient (Wildman–Crippen LogP) is 1.07. The molecule has 4 heteroatoms. The minimum atomic E-state index is -0.777. The Morgan fingerprint density at radius 2 is 2.19 bits per heavy atom. The van der Waals surface area contributed by atoms with Crippen LogP contribution in [-0.2, 0) is 14.3 Å². The summed E-state index contributed by atoms with van der Waals surface area (Å²) in [5.74, 6) is 1.04. The summed E-state index contributed by atoms with van der Waals surface area (Å²) in [5.41, 5.74) is 0. The lowest BCUT2D eigenvalue weighted by Crippen LogP contribution is -2.45. The Hall–Kier alpha value is -0.610. The van der Waals surface area contributed by atoms with E-state index in [0.717, 1.165) is 25.7 Å². The van der Waals surface area contributed by atoms with E-state index in [9.17, 15) is 9.90 Å². The van der Waals surface area contributed by atoms with E-state index in [1.165, 1.54) is 0 Å². The van der Waals surface area contributed by atoms with Crippen molar-refractivity contribution in [3.05, 3.63) is 0 Å². The van der Waals surface area contributed by atoms with Crippen LogP contribution in [0.5, 0.6) is 0 Å². The molecule has 0 radical (unpaired) electrons. The fourth-order valence-electron chi connectivity index (χ4n) is 3.69. The van der Waals surface area contributed by atoms with Crippen LogP contribution in [0, 0.1) is 17.8 Å². The van der Waals surface area contributed by atoms with Crippen molar-refractivity contribution in [3.63, 3.8) is 0 Å². The van der Waals surface area contributed by atoms with E-state index in [0.29, 0.717) is 11.8 Å². The highest BCUT2D eigenvalue weighted by atomic mass is 16.6. The number of ether oxygens (including phenoxy) is 2. The van der Waals surface area contributed by atoms with Gasteiger partial charge in [0.15, 0.2) is 6.29 Å². The highest BCUT2D eigenvalue weighted by Crippen LogP contribution is 2.48.